The number of anilines is 2. The molecule has 4 N–H and O–H groups in total. The molecule has 2 aromatic rings. The first kappa shape index (κ1) is 27.4. The van der Waals surface area contributed by atoms with Crippen molar-refractivity contribution >= 4 is 38.1 Å². The molecule has 0 atom stereocenters. The molecule has 0 aliphatic heterocycles. The Hall–Kier alpha value is -2.15. The second-order valence-corrected chi connectivity index (χ2v) is 12.5. The highest BCUT2D eigenvalue weighted by Crippen LogP contribution is 2.32. The van der Waals surface area contributed by atoms with E-state index in [1.165, 1.54) is 6.07 Å². The number of nitrogens with two attached hydrogens (primary N) is 1. The number of thiazole rings is 1. The zero-order valence-electron chi connectivity index (χ0n) is 20.4. The maximum absolute atomic E-state index is 15.0. The maximum atomic E-state index is 15.0. The maximum Gasteiger partial charge on any atom is 0.212 e. The first-order valence-corrected chi connectivity index (χ1v) is 14.0. The minimum atomic E-state index is -3.31. The van der Waals surface area contributed by atoms with Gasteiger partial charge in [-0.15, -0.1) is 0 Å². The van der Waals surface area contributed by atoms with Gasteiger partial charge in [-0.2, -0.15) is 0 Å². The number of carbonyl (C=O) groups excluding carboxylic acids is 1. The minimum Gasteiger partial charge on any atom is -0.382 e. The summed E-state index contributed by atoms with van der Waals surface area (Å²) in [5.41, 5.74) is 5.52. The van der Waals surface area contributed by atoms with Crippen LogP contribution in [0, 0.1) is 17.6 Å². The zero-order valence-corrected chi connectivity index (χ0v) is 22.0. The van der Waals surface area contributed by atoms with Crippen molar-refractivity contribution in [3.63, 3.8) is 0 Å². The molecule has 0 radical (unpaired) electrons. The minimum absolute atomic E-state index is 0.0197. The van der Waals surface area contributed by atoms with Gasteiger partial charge >= 0.3 is 0 Å². The summed E-state index contributed by atoms with van der Waals surface area (Å²) < 4.78 is 56.6. The second-order valence-electron chi connectivity index (χ2n) is 9.68. The number of hydrogen-bond acceptors (Lipinski definition) is 8. The summed E-state index contributed by atoms with van der Waals surface area (Å²) in [5, 5.41) is 3.62. The van der Waals surface area contributed by atoms with Crippen LogP contribution in [0.2, 0.25) is 0 Å². The van der Waals surface area contributed by atoms with Gasteiger partial charge in [0.2, 0.25) is 15.8 Å². The quantitative estimate of drug-likeness (QED) is 0.403. The molecule has 0 bridgehead atoms. The van der Waals surface area contributed by atoms with Crippen LogP contribution in [0.3, 0.4) is 0 Å². The number of nitrogen functional groups attached to an aromatic ring is 1. The van der Waals surface area contributed by atoms with Gasteiger partial charge in [-0.25, -0.2) is 26.9 Å². The average Bonchev–Trinajstić information content (AvgIpc) is 3.10. The van der Waals surface area contributed by atoms with Crippen molar-refractivity contribution < 1.29 is 22.0 Å². The fraction of sp³-hybridized carbons (Fsp3) is 0.565. The molecule has 1 aliphatic rings. The summed E-state index contributed by atoms with van der Waals surface area (Å²) in [7, 11) is 0.184. The van der Waals surface area contributed by atoms with E-state index < -0.39 is 33.0 Å². The molecule has 0 saturated heterocycles. The summed E-state index contributed by atoms with van der Waals surface area (Å²) in [5.74, 6) is -2.63. The predicted molar refractivity (Wildman–Crippen MR) is 135 cm³/mol. The second kappa shape index (κ2) is 11.3. The number of halogens is 2. The molecule has 0 amide bonds. The van der Waals surface area contributed by atoms with Crippen LogP contribution in [0.15, 0.2) is 12.1 Å². The van der Waals surface area contributed by atoms with Gasteiger partial charge < -0.3 is 16.0 Å². The van der Waals surface area contributed by atoms with E-state index in [0.717, 1.165) is 17.4 Å². The van der Waals surface area contributed by atoms with Crippen LogP contribution in [0.4, 0.5) is 19.7 Å². The summed E-state index contributed by atoms with van der Waals surface area (Å²) in [4.78, 5) is 18.9. The van der Waals surface area contributed by atoms with E-state index in [1.807, 2.05) is 13.8 Å². The van der Waals surface area contributed by atoms with Gasteiger partial charge in [-0.1, -0.05) is 31.3 Å². The first-order valence-electron chi connectivity index (χ1n) is 11.6. The van der Waals surface area contributed by atoms with Crippen molar-refractivity contribution in [2.24, 2.45) is 5.92 Å². The summed E-state index contributed by atoms with van der Waals surface area (Å²) in [6.07, 6.45) is 2.73. The van der Waals surface area contributed by atoms with E-state index in [0.29, 0.717) is 30.8 Å². The smallest absolute Gasteiger partial charge is 0.212 e. The fourth-order valence-electron chi connectivity index (χ4n) is 4.21. The number of benzene rings is 1. The molecular weight excluding hydrogens is 496 g/mol. The van der Waals surface area contributed by atoms with Gasteiger partial charge in [0.15, 0.2) is 5.13 Å². The summed E-state index contributed by atoms with van der Waals surface area (Å²) in [6.45, 7) is 3.94. The van der Waals surface area contributed by atoms with Crippen LogP contribution in [0.25, 0.3) is 0 Å². The first-order chi connectivity index (χ1) is 16.4. The molecule has 1 heterocycles. The fourth-order valence-corrected chi connectivity index (χ4v) is 6.83. The van der Waals surface area contributed by atoms with Crippen LogP contribution >= 0.6 is 11.3 Å². The monoisotopic (exact) mass is 529 g/mol. The Morgan fingerprint density at radius 1 is 1.20 bits per heavy atom. The van der Waals surface area contributed by atoms with Crippen LogP contribution < -0.4 is 15.8 Å². The molecule has 8 nitrogen and oxygen atoms in total. The number of nitrogens with zero attached hydrogens (tertiary/aromatic N) is 2. The highest BCUT2D eigenvalue weighted by molar-refractivity contribution is 7.89. The summed E-state index contributed by atoms with van der Waals surface area (Å²) in [6, 6.07) is 2.31. The number of rotatable bonds is 10. The van der Waals surface area contributed by atoms with Gasteiger partial charge in [0.05, 0.1) is 11.3 Å². The lowest BCUT2D eigenvalue weighted by atomic mass is 9.92. The van der Waals surface area contributed by atoms with Crippen LogP contribution in [-0.4, -0.2) is 56.0 Å². The third-order valence-electron chi connectivity index (χ3n) is 5.70. The molecule has 1 aliphatic carbocycles. The normalized spacial score (nSPS) is 18.9. The van der Waals surface area contributed by atoms with E-state index in [4.69, 9.17) is 5.73 Å². The number of nitrogens with one attached hydrogen (secondary N) is 2. The molecule has 0 unspecified atom stereocenters. The van der Waals surface area contributed by atoms with Crippen LogP contribution in [-0.2, 0) is 16.6 Å². The molecular formula is C23H33F2N5O3S2. The third-order valence-corrected chi connectivity index (χ3v) is 8.50. The molecule has 1 aromatic carbocycles. The Morgan fingerprint density at radius 3 is 2.43 bits per heavy atom. The zero-order chi connectivity index (χ0) is 25.9. The Kier molecular flexibility index (Phi) is 8.84. The SMILES string of the molecule is CC(C)CS(=O)(=O)N[C@H]1CC[C@H](Nc2nc(N)c(C(=O)c3c(F)ccc(CN(C)C)c3F)s2)CC1. The lowest BCUT2D eigenvalue weighted by molar-refractivity contribution is 0.103. The number of sulfonamides is 1. The number of hydrogen-bond donors (Lipinski definition) is 3. The molecule has 194 valence electrons. The molecule has 1 saturated carbocycles. The number of ketones is 1. The van der Waals surface area contributed by atoms with Gasteiger partial charge in [-0.05, 0) is 51.8 Å². The van der Waals surface area contributed by atoms with Crippen molar-refractivity contribution in [2.45, 2.75) is 58.2 Å². The van der Waals surface area contributed by atoms with Gasteiger partial charge in [0, 0.05) is 24.2 Å². The van der Waals surface area contributed by atoms with Crippen molar-refractivity contribution in [1.82, 2.24) is 14.6 Å². The Labute approximate surface area is 209 Å². The molecule has 1 aromatic heterocycles. The highest BCUT2D eigenvalue weighted by Gasteiger charge is 2.28. The van der Waals surface area contributed by atoms with Crippen LogP contribution in [0.5, 0.6) is 0 Å². The van der Waals surface area contributed by atoms with E-state index in [9.17, 15) is 22.0 Å². The molecule has 1 fully saturated rings. The molecule has 3 rings (SSSR count). The van der Waals surface area contributed by atoms with Crippen molar-refractivity contribution in [2.75, 3.05) is 30.9 Å². The van der Waals surface area contributed by atoms with Gasteiger partial charge in [0.25, 0.3) is 0 Å². The lowest BCUT2D eigenvalue weighted by Gasteiger charge is -2.29. The molecule has 35 heavy (non-hydrogen) atoms. The van der Waals surface area contributed by atoms with Gasteiger partial charge in [-0.3, -0.25) is 4.79 Å². The lowest BCUT2D eigenvalue weighted by Crippen LogP contribution is -2.41. The van der Waals surface area contributed by atoms with Gasteiger partial charge in [0.1, 0.15) is 22.3 Å². The standard InChI is InChI=1S/C23H33F2N5O3S2/c1-13(2)12-35(32,33)29-16-8-6-15(7-9-16)27-23-28-22(26)21(34-23)20(31)18-17(24)10-5-14(19(18)25)11-30(3)4/h5,10,13,15-16,29H,6-9,11-12,26H2,1-4H3,(H,27,28)/t15-,16-. The Bertz CT molecular complexity index is 1160. The largest absolute Gasteiger partial charge is 0.382 e. The van der Waals surface area contributed by atoms with Crippen molar-refractivity contribution in [3.05, 3.63) is 39.8 Å². The highest BCUT2D eigenvalue weighted by atomic mass is 32.2. The third kappa shape index (κ3) is 7.18. The van der Waals surface area contributed by atoms with E-state index >= 15 is 0 Å². The Balaban J connectivity index is 1.67. The number of carbonyl (C=O) groups is 1. The predicted octanol–water partition coefficient (Wildman–Crippen LogP) is 3.59. The number of aromatic nitrogens is 1. The Morgan fingerprint density at radius 2 is 1.83 bits per heavy atom. The average molecular weight is 530 g/mol. The molecule has 12 heteroatoms. The summed E-state index contributed by atoms with van der Waals surface area (Å²) >= 11 is 0.959. The van der Waals surface area contributed by atoms with E-state index in [2.05, 4.69) is 15.0 Å². The molecule has 0 spiro atoms. The van der Waals surface area contributed by atoms with Crippen LogP contribution in [0.1, 0.15) is 60.3 Å². The van der Waals surface area contributed by atoms with E-state index in [-0.39, 0.29) is 46.6 Å². The van der Waals surface area contributed by atoms with E-state index in [1.54, 1.807) is 19.0 Å². The topological polar surface area (TPSA) is 117 Å². The van der Waals surface area contributed by atoms with Crippen molar-refractivity contribution in [1.29, 1.82) is 0 Å². The van der Waals surface area contributed by atoms with Crippen molar-refractivity contribution in [3.8, 4) is 0 Å².